The van der Waals surface area contributed by atoms with E-state index in [1.165, 1.54) is 25.8 Å². The van der Waals surface area contributed by atoms with Gasteiger partial charge in [-0.15, -0.1) is 0 Å². The van der Waals surface area contributed by atoms with Gasteiger partial charge in [0, 0.05) is 45.2 Å². The van der Waals surface area contributed by atoms with E-state index >= 15 is 0 Å². The zero-order valence-corrected chi connectivity index (χ0v) is 12.5. The van der Waals surface area contributed by atoms with Crippen LogP contribution in [0.5, 0.6) is 0 Å². The first-order valence-electron chi connectivity index (χ1n) is 7.44. The standard InChI is InChI=1S/C15H24N4O/c1-18-12-15(10-13(18)11-20-2)4-8-19(9-5-15)14-16-6-3-7-17-14/h3,6-7,13H,4-5,8-12H2,1-2H3/t13-/m1/s1. The number of rotatable bonds is 3. The largest absolute Gasteiger partial charge is 0.383 e. The van der Waals surface area contributed by atoms with E-state index in [-0.39, 0.29) is 0 Å². The Morgan fingerprint density at radius 2 is 2.00 bits per heavy atom. The average molecular weight is 276 g/mol. The highest BCUT2D eigenvalue weighted by molar-refractivity contribution is 5.29. The average Bonchev–Trinajstić information content (AvgIpc) is 2.77. The lowest BCUT2D eigenvalue weighted by molar-refractivity contribution is 0.129. The first-order chi connectivity index (χ1) is 9.72. The van der Waals surface area contributed by atoms with Crippen molar-refractivity contribution in [2.45, 2.75) is 25.3 Å². The number of nitrogens with zero attached hydrogens (tertiary/aromatic N) is 4. The van der Waals surface area contributed by atoms with Crippen LogP contribution in [0.1, 0.15) is 19.3 Å². The molecular formula is C15H24N4O. The second-order valence-electron chi connectivity index (χ2n) is 6.26. The van der Waals surface area contributed by atoms with Crippen LogP contribution in [0.4, 0.5) is 5.95 Å². The van der Waals surface area contributed by atoms with E-state index < -0.39 is 0 Å². The van der Waals surface area contributed by atoms with E-state index in [1.807, 2.05) is 18.5 Å². The van der Waals surface area contributed by atoms with Gasteiger partial charge in [0.2, 0.25) is 5.95 Å². The summed E-state index contributed by atoms with van der Waals surface area (Å²) in [4.78, 5) is 13.5. The predicted molar refractivity (Wildman–Crippen MR) is 78.8 cm³/mol. The van der Waals surface area contributed by atoms with Gasteiger partial charge in [0.15, 0.2) is 0 Å². The molecule has 2 saturated heterocycles. The zero-order chi connectivity index (χ0) is 14.0. The minimum Gasteiger partial charge on any atom is -0.383 e. The summed E-state index contributed by atoms with van der Waals surface area (Å²) in [5.74, 6) is 0.877. The van der Waals surface area contributed by atoms with Crippen molar-refractivity contribution in [3.8, 4) is 0 Å². The lowest BCUT2D eigenvalue weighted by Gasteiger charge is -2.39. The molecule has 3 rings (SSSR count). The maximum absolute atomic E-state index is 5.35. The maximum atomic E-state index is 5.35. The summed E-state index contributed by atoms with van der Waals surface area (Å²) in [7, 11) is 4.03. The molecule has 0 unspecified atom stereocenters. The molecule has 0 aromatic carbocycles. The summed E-state index contributed by atoms with van der Waals surface area (Å²) in [5.41, 5.74) is 0.475. The Balaban J connectivity index is 1.61. The van der Waals surface area contributed by atoms with E-state index in [2.05, 4.69) is 26.8 Å². The summed E-state index contributed by atoms with van der Waals surface area (Å²) < 4.78 is 5.35. The molecule has 0 aliphatic carbocycles. The van der Waals surface area contributed by atoms with Crippen LogP contribution in [-0.4, -0.2) is 61.3 Å². The molecular weight excluding hydrogens is 252 g/mol. The number of anilines is 1. The summed E-state index contributed by atoms with van der Waals surface area (Å²) in [5, 5.41) is 0. The number of piperidine rings is 1. The normalized spacial score (nSPS) is 26.3. The highest BCUT2D eigenvalue weighted by Crippen LogP contribution is 2.43. The second-order valence-corrected chi connectivity index (χ2v) is 6.26. The van der Waals surface area contributed by atoms with Crippen molar-refractivity contribution in [1.82, 2.24) is 14.9 Å². The molecule has 1 atom stereocenters. The van der Waals surface area contributed by atoms with Crippen molar-refractivity contribution < 1.29 is 4.74 Å². The smallest absolute Gasteiger partial charge is 0.225 e. The van der Waals surface area contributed by atoms with Gasteiger partial charge in [-0.05, 0) is 37.8 Å². The summed E-state index contributed by atoms with van der Waals surface area (Å²) in [6.45, 7) is 4.18. The fourth-order valence-corrected chi connectivity index (χ4v) is 3.75. The molecule has 0 amide bonds. The van der Waals surface area contributed by atoms with E-state index in [9.17, 15) is 0 Å². The minimum absolute atomic E-state index is 0.475. The van der Waals surface area contributed by atoms with Crippen molar-refractivity contribution in [1.29, 1.82) is 0 Å². The molecule has 1 spiro atoms. The van der Waals surface area contributed by atoms with E-state index in [1.54, 1.807) is 7.11 Å². The second kappa shape index (κ2) is 5.66. The molecule has 2 fully saturated rings. The molecule has 0 bridgehead atoms. The van der Waals surface area contributed by atoms with Crippen LogP contribution in [-0.2, 0) is 4.74 Å². The van der Waals surface area contributed by atoms with Gasteiger partial charge >= 0.3 is 0 Å². The molecule has 0 N–H and O–H groups in total. The van der Waals surface area contributed by atoms with Gasteiger partial charge in [0.05, 0.1) is 6.61 Å². The molecule has 0 radical (unpaired) electrons. The first kappa shape index (κ1) is 13.8. The molecule has 1 aromatic rings. The van der Waals surface area contributed by atoms with Crippen LogP contribution in [0.15, 0.2) is 18.5 Å². The van der Waals surface area contributed by atoms with Crippen LogP contribution in [0, 0.1) is 5.41 Å². The van der Waals surface area contributed by atoms with Gasteiger partial charge < -0.3 is 14.5 Å². The highest BCUT2D eigenvalue weighted by Gasteiger charge is 2.44. The highest BCUT2D eigenvalue weighted by atomic mass is 16.5. The third-order valence-electron chi connectivity index (χ3n) is 4.89. The number of methoxy groups -OCH3 is 1. The molecule has 3 heterocycles. The molecule has 20 heavy (non-hydrogen) atoms. The first-order valence-corrected chi connectivity index (χ1v) is 7.44. The Labute approximate surface area is 121 Å². The number of hydrogen-bond donors (Lipinski definition) is 0. The van der Waals surface area contributed by atoms with Gasteiger partial charge in [-0.2, -0.15) is 0 Å². The molecule has 0 saturated carbocycles. The molecule has 5 nitrogen and oxygen atoms in total. The Bertz CT molecular complexity index is 431. The Hall–Kier alpha value is -1.20. The number of likely N-dealkylation sites (N-methyl/N-ethyl adjacent to an activating group) is 1. The van der Waals surface area contributed by atoms with Crippen LogP contribution in [0.3, 0.4) is 0 Å². The molecule has 110 valence electrons. The molecule has 5 heteroatoms. The lowest BCUT2D eigenvalue weighted by Crippen LogP contribution is -2.42. The summed E-state index contributed by atoms with van der Waals surface area (Å²) >= 11 is 0. The molecule has 2 aliphatic rings. The zero-order valence-electron chi connectivity index (χ0n) is 12.5. The monoisotopic (exact) mass is 276 g/mol. The fraction of sp³-hybridized carbons (Fsp3) is 0.733. The van der Waals surface area contributed by atoms with Crippen molar-refractivity contribution in [3.63, 3.8) is 0 Å². The van der Waals surface area contributed by atoms with Gasteiger partial charge in [-0.1, -0.05) is 0 Å². The van der Waals surface area contributed by atoms with Crippen molar-refractivity contribution >= 4 is 5.95 Å². The maximum Gasteiger partial charge on any atom is 0.225 e. The summed E-state index contributed by atoms with van der Waals surface area (Å²) in [6, 6.07) is 2.45. The van der Waals surface area contributed by atoms with Gasteiger partial charge in [0.1, 0.15) is 0 Å². The number of ether oxygens (including phenoxy) is 1. The van der Waals surface area contributed by atoms with E-state index in [4.69, 9.17) is 4.74 Å². The third kappa shape index (κ3) is 2.65. The van der Waals surface area contributed by atoms with E-state index in [0.29, 0.717) is 11.5 Å². The number of hydrogen-bond acceptors (Lipinski definition) is 5. The Morgan fingerprint density at radius 1 is 1.30 bits per heavy atom. The van der Waals surface area contributed by atoms with Crippen LogP contribution in [0.25, 0.3) is 0 Å². The predicted octanol–water partition coefficient (Wildman–Crippen LogP) is 1.41. The number of likely N-dealkylation sites (tertiary alicyclic amines) is 1. The van der Waals surface area contributed by atoms with Crippen LogP contribution >= 0.6 is 0 Å². The van der Waals surface area contributed by atoms with Crippen molar-refractivity contribution in [2.75, 3.05) is 45.3 Å². The van der Waals surface area contributed by atoms with Crippen LogP contribution < -0.4 is 4.90 Å². The van der Waals surface area contributed by atoms with Crippen LogP contribution in [0.2, 0.25) is 0 Å². The number of aromatic nitrogens is 2. The Kier molecular flexibility index (Phi) is 3.89. The van der Waals surface area contributed by atoms with Crippen molar-refractivity contribution in [3.05, 3.63) is 18.5 Å². The van der Waals surface area contributed by atoms with Gasteiger partial charge in [-0.3, -0.25) is 0 Å². The minimum atomic E-state index is 0.475. The van der Waals surface area contributed by atoms with E-state index in [0.717, 1.165) is 25.6 Å². The topological polar surface area (TPSA) is 41.5 Å². The van der Waals surface area contributed by atoms with Gasteiger partial charge in [-0.25, -0.2) is 9.97 Å². The lowest BCUT2D eigenvalue weighted by atomic mass is 9.76. The van der Waals surface area contributed by atoms with Crippen molar-refractivity contribution in [2.24, 2.45) is 5.41 Å². The fourth-order valence-electron chi connectivity index (χ4n) is 3.75. The SMILES string of the molecule is COC[C@H]1CC2(CCN(c3ncccn3)CC2)CN1C. The third-order valence-corrected chi connectivity index (χ3v) is 4.89. The quantitative estimate of drug-likeness (QED) is 0.835. The van der Waals surface area contributed by atoms with Gasteiger partial charge in [0.25, 0.3) is 0 Å². The molecule has 1 aromatic heterocycles. The molecule has 2 aliphatic heterocycles. The Morgan fingerprint density at radius 3 is 2.65 bits per heavy atom. The summed E-state index contributed by atoms with van der Waals surface area (Å²) in [6.07, 6.45) is 7.38.